The molecule has 2 rings (SSSR count). The van der Waals surface area contributed by atoms with Gasteiger partial charge in [-0.3, -0.25) is 0 Å². The molecule has 2 aromatic carbocycles. The van der Waals surface area contributed by atoms with Crippen LogP contribution in [0, 0.1) is 5.92 Å². The molecule has 2 N–H and O–H groups in total. The quantitative estimate of drug-likeness (QED) is 0.319. The first-order valence-corrected chi connectivity index (χ1v) is 9.92. The van der Waals surface area contributed by atoms with Gasteiger partial charge in [0.1, 0.15) is 12.3 Å². The summed E-state index contributed by atoms with van der Waals surface area (Å²) < 4.78 is 11.2. The fourth-order valence-corrected chi connectivity index (χ4v) is 3.36. The van der Waals surface area contributed by atoms with Crippen molar-refractivity contribution >= 4 is 23.2 Å². The van der Waals surface area contributed by atoms with Gasteiger partial charge in [0.15, 0.2) is 6.29 Å². The lowest BCUT2D eigenvalue weighted by Crippen LogP contribution is -2.50. The van der Waals surface area contributed by atoms with Gasteiger partial charge in [-0.05, 0) is 36.6 Å². The first-order chi connectivity index (χ1) is 14.0. The van der Waals surface area contributed by atoms with E-state index in [9.17, 15) is 14.7 Å². The van der Waals surface area contributed by atoms with Crippen molar-refractivity contribution in [1.29, 1.82) is 0 Å². The van der Waals surface area contributed by atoms with Gasteiger partial charge in [0.05, 0.1) is 0 Å². The second-order valence-electron chi connectivity index (χ2n) is 6.82. The van der Waals surface area contributed by atoms with Crippen LogP contribution in [-0.2, 0) is 20.8 Å². The number of nitrogens with one attached hydrogen (secondary N) is 1. The number of rotatable bonds is 12. The van der Waals surface area contributed by atoms with E-state index in [0.717, 1.165) is 21.3 Å². The van der Waals surface area contributed by atoms with Crippen LogP contribution < -0.4 is 5.43 Å². The molecule has 0 saturated carbocycles. The summed E-state index contributed by atoms with van der Waals surface area (Å²) in [5.41, 5.74) is 3.86. The molecule has 0 fully saturated rings. The lowest BCUT2D eigenvalue weighted by Gasteiger charge is -2.30. The zero-order valence-electron chi connectivity index (χ0n) is 17.2. The van der Waals surface area contributed by atoms with Gasteiger partial charge in [-0.15, -0.1) is 0 Å². The molecule has 7 nitrogen and oxygen atoms in total. The van der Waals surface area contributed by atoms with Gasteiger partial charge in [-0.1, -0.05) is 49.4 Å². The van der Waals surface area contributed by atoms with E-state index in [1.807, 2.05) is 63.2 Å². The Balaban J connectivity index is 2.11. The molecule has 0 spiro atoms. The van der Waals surface area contributed by atoms with Crippen LogP contribution in [0.5, 0.6) is 0 Å². The van der Waals surface area contributed by atoms with E-state index in [4.69, 9.17) is 9.47 Å². The third-order valence-electron chi connectivity index (χ3n) is 4.75. The SMILES string of the molecule is CCOC(OCC)C(C)CC(C=O)N(NCc1cccc2ccccc12)C(=O)O. The Hall–Kier alpha value is -2.48. The number of hydrogen-bond donors (Lipinski definition) is 2. The fourth-order valence-electron chi connectivity index (χ4n) is 3.36. The van der Waals surface area contributed by atoms with Crippen LogP contribution in [0.2, 0.25) is 0 Å². The van der Waals surface area contributed by atoms with Crippen LogP contribution in [0.3, 0.4) is 0 Å². The Labute approximate surface area is 171 Å². The van der Waals surface area contributed by atoms with Gasteiger partial charge in [-0.2, -0.15) is 0 Å². The van der Waals surface area contributed by atoms with E-state index in [1.54, 1.807) is 0 Å². The predicted molar refractivity (Wildman–Crippen MR) is 111 cm³/mol. The largest absolute Gasteiger partial charge is 0.464 e. The molecule has 0 radical (unpaired) electrons. The van der Waals surface area contributed by atoms with Crippen molar-refractivity contribution in [3.8, 4) is 0 Å². The van der Waals surface area contributed by atoms with Crippen LogP contribution in [0.25, 0.3) is 10.8 Å². The maximum atomic E-state index is 11.8. The van der Waals surface area contributed by atoms with Gasteiger partial charge in [0, 0.05) is 25.7 Å². The minimum absolute atomic E-state index is 0.161. The minimum Gasteiger partial charge on any atom is -0.464 e. The van der Waals surface area contributed by atoms with Crippen LogP contribution in [-0.4, -0.2) is 48.0 Å². The maximum absolute atomic E-state index is 11.8. The van der Waals surface area contributed by atoms with Crippen molar-refractivity contribution in [2.75, 3.05) is 13.2 Å². The number of aldehydes is 1. The standard InChI is InChI=1S/C22H30N2O5/c1-4-28-21(29-5-2)16(3)13-19(15-25)24(22(26)27)23-14-18-11-8-10-17-9-6-7-12-20(17)18/h6-12,15-16,19,21,23H,4-5,13-14H2,1-3H3,(H,26,27). The Morgan fingerprint density at radius 1 is 1.14 bits per heavy atom. The van der Waals surface area contributed by atoms with Gasteiger partial charge in [0.25, 0.3) is 0 Å². The van der Waals surface area contributed by atoms with Crippen LogP contribution in [0.15, 0.2) is 42.5 Å². The molecule has 158 valence electrons. The lowest BCUT2D eigenvalue weighted by molar-refractivity contribution is -0.167. The Morgan fingerprint density at radius 3 is 2.41 bits per heavy atom. The predicted octanol–water partition coefficient (Wildman–Crippen LogP) is 3.82. The summed E-state index contributed by atoms with van der Waals surface area (Å²) >= 11 is 0. The van der Waals surface area contributed by atoms with E-state index in [0.29, 0.717) is 19.5 Å². The molecule has 0 aliphatic heterocycles. The molecule has 2 aromatic rings. The molecule has 0 aliphatic rings. The number of carbonyl (C=O) groups excluding carboxylic acids is 1. The summed E-state index contributed by atoms with van der Waals surface area (Å²) in [7, 11) is 0. The summed E-state index contributed by atoms with van der Waals surface area (Å²) in [5, 5.41) is 12.8. The van der Waals surface area contributed by atoms with Crippen molar-refractivity contribution in [1.82, 2.24) is 10.4 Å². The Bertz CT molecular complexity index is 786. The van der Waals surface area contributed by atoms with E-state index in [-0.39, 0.29) is 18.9 Å². The van der Waals surface area contributed by atoms with Crippen LogP contribution in [0.1, 0.15) is 32.8 Å². The summed E-state index contributed by atoms with van der Waals surface area (Å²) in [6.45, 7) is 6.85. The number of hydrazine groups is 1. The number of nitrogens with zero attached hydrogens (tertiary/aromatic N) is 1. The fraction of sp³-hybridized carbons (Fsp3) is 0.455. The zero-order chi connectivity index (χ0) is 21.2. The maximum Gasteiger partial charge on any atom is 0.422 e. The smallest absolute Gasteiger partial charge is 0.422 e. The molecule has 29 heavy (non-hydrogen) atoms. The Morgan fingerprint density at radius 2 is 1.79 bits per heavy atom. The molecule has 0 saturated heterocycles. The zero-order valence-corrected chi connectivity index (χ0v) is 17.2. The van der Waals surface area contributed by atoms with Crippen LogP contribution in [0.4, 0.5) is 4.79 Å². The molecule has 0 aliphatic carbocycles. The van der Waals surface area contributed by atoms with Crippen molar-refractivity contribution in [3.05, 3.63) is 48.0 Å². The third-order valence-corrected chi connectivity index (χ3v) is 4.75. The highest BCUT2D eigenvalue weighted by atomic mass is 16.7. The average Bonchev–Trinajstić information content (AvgIpc) is 2.72. The highest BCUT2D eigenvalue weighted by Gasteiger charge is 2.28. The second kappa shape index (κ2) is 11.5. The molecule has 0 aromatic heterocycles. The molecular formula is C22H30N2O5. The topological polar surface area (TPSA) is 88.1 Å². The molecule has 1 amide bonds. The third kappa shape index (κ3) is 6.25. The van der Waals surface area contributed by atoms with Crippen molar-refractivity contribution in [2.45, 2.75) is 46.1 Å². The monoisotopic (exact) mass is 402 g/mol. The lowest BCUT2D eigenvalue weighted by atomic mass is 10.0. The summed E-state index contributed by atoms with van der Waals surface area (Å²) in [6, 6.07) is 12.9. The number of fused-ring (bicyclic) bond motifs is 1. The number of carboxylic acid groups (broad SMARTS) is 1. The molecule has 0 bridgehead atoms. The first kappa shape index (κ1) is 22.8. The minimum atomic E-state index is -1.21. The number of carbonyl (C=O) groups is 2. The first-order valence-electron chi connectivity index (χ1n) is 9.92. The Kier molecular flexibility index (Phi) is 9.05. The summed E-state index contributed by atoms with van der Waals surface area (Å²) in [6.07, 6.45) is -0.765. The average molecular weight is 402 g/mol. The molecule has 2 unspecified atom stereocenters. The van der Waals surface area contributed by atoms with Crippen molar-refractivity contribution in [3.63, 3.8) is 0 Å². The van der Waals surface area contributed by atoms with Crippen molar-refractivity contribution < 1.29 is 24.2 Å². The molecule has 7 heteroatoms. The van der Waals surface area contributed by atoms with Crippen LogP contribution >= 0.6 is 0 Å². The van der Waals surface area contributed by atoms with Gasteiger partial charge >= 0.3 is 6.09 Å². The molecular weight excluding hydrogens is 372 g/mol. The van der Waals surface area contributed by atoms with Gasteiger partial charge in [-0.25, -0.2) is 15.2 Å². The second-order valence-corrected chi connectivity index (χ2v) is 6.82. The number of benzene rings is 2. The number of hydrogen-bond acceptors (Lipinski definition) is 5. The van der Waals surface area contributed by atoms with E-state index in [2.05, 4.69) is 5.43 Å². The van der Waals surface area contributed by atoms with E-state index >= 15 is 0 Å². The highest BCUT2D eigenvalue weighted by molar-refractivity contribution is 5.85. The van der Waals surface area contributed by atoms with E-state index in [1.165, 1.54) is 0 Å². The summed E-state index contributed by atoms with van der Waals surface area (Å²) in [5.74, 6) is -0.161. The van der Waals surface area contributed by atoms with Gasteiger partial charge in [0.2, 0.25) is 0 Å². The van der Waals surface area contributed by atoms with Crippen molar-refractivity contribution in [2.24, 2.45) is 5.92 Å². The highest BCUT2D eigenvalue weighted by Crippen LogP contribution is 2.20. The van der Waals surface area contributed by atoms with Gasteiger partial charge < -0.3 is 19.4 Å². The normalized spacial score (nSPS) is 13.4. The number of amides is 1. The summed E-state index contributed by atoms with van der Waals surface area (Å²) in [4.78, 5) is 23.6. The van der Waals surface area contributed by atoms with E-state index < -0.39 is 18.4 Å². The molecule has 0 heterocycles. The number of ether oxygens (including phenoxy) is 2. The molecule has 2 atom stereocenters.